The van der Waals surface area contributed by atoms with Gasteiger partial charge in [0.05, 0.1) is 0 Å². The van der Waals surface area contributed by atoms with Gasteiger partial charge in [0.2, 0.25) is 5.95 Å². The van der Waals surface area contributed by atoms with E-state index in [0.29, 0.717) is 17.8 Å². The summed E-state index contributed by atoms with van der Waals surface area (Å²) >= 11 is 0. The van der Waals surface area contributed by atoms with E-state index < -0.39 is 0 Å². The summed E-state index contributed by atoms with van der Waals surface area (Å²) in [5.41, 5.74) is 5.74. The SMILES string of the molecule is CC1CCC(c2nc(N)nc(C(C)C)n2)C1. The van der Waals surface area contributed by atoms with Crippen LogP contribution in [-0.2, 0) is 0 Å². The van der Waals surface area contributed by atoms with E-state index >= 15 is 0 Å². The zero-order valence-electron chi connectivity index (χ0n) is 10.3. The summed E-state index contributed by atoms with van der Waals surface area (Å²) in [4.78, 5) is 13.0. The van der Waals surface area contributed by atoms with Crippen molar-refractivity contribution >= 4 is 5.95 Å². The Kier molecular flexibility index (Phi) is 3.08. The Morgan fingerprint density at radius 2 is 1.94 bits per heavy atom. The van der Waals surface area contributed by atoms with Crippen LogP contribution in [0.2, 0.25) is 0 Å². The zero-order chi connectivity index (χ0) is 11.7. The van der Waals surface area contributed by atoms with Crippen LogP contribution in [0.25, 0.3) is 0 Å². The molecule has 1 aliphatic rings. The van der Waals surface area contributed by atoms with E-state index in [2.05, 4.69) is 35.7 Å². The van der Waals surface area contributed by atoms with Crippen molar-refractivity contribution in [2.24, 2.45) is 5.92 Å². The topological polar surface area (TPSA) is 64.7 Å². The normalized spacial score (nSPS) is 25.2. The summed E-state index contributed by atoms with van der Waals surface area (Å²) < 4.78 is 0. The molecule has 16 heavy (non-hydrogen) atoms. The Hall–Kier alpha value is -1.19. The molecule has 1 heterocycles. The molecule has 2 rings (SSSR count). The van der Waals surface area contributed by atoms with E-state index in [0.717, 1.165) is 17.6 Å². The molecule has 0 spiro atoms. The molecule has 1 fully saturated rings. The number of aromatic nitrogens is 3. The third kappa shape index (κ3) is 2.31. The van der Waals surface area contributed by atoms with E-state index in [9.17, 15) is 0 Å². The molecule has 0 amide bonds. The minimum Gasteiger partial charge on any atom is -0.368 e. The first-order valence-corrected chi connectivity index (χ1v) is 6.07. The fourth-order valence-corrected chi connectivity index (χ4v) is 2.31. The van der Waals surface area contributed by atoms with Gasteiger partial charge in [-0.15, -0.1) is 0 Å². The number of anilines is 1. The molecule has 0 bridgehead atoms. The van der Waals surface area contributed by atoms with Crippen LogP contribution in [0, 0.1) is 5.92 Å². The molecule has 1 aromatic rings. The van der Waals surface area contributed by atoms with Crippen molar-refractivity contribution in [1.82, 2.24) is 15.0 Å². The Balaban J connectivity index is 2.27. The van der Waals surface area contributed by atoms with E-state index in [-0.39, 0.29) is 0 Å². The van der Waals surface area contributed by atoms with Crippen LogP contribution in [0.1, 0.15) is 63.5 Å². The van der Waals surface area contributed by atoms with Crippen molar-refractivity contribution in [2.75, 3.05) is 5.73 Å². The molecule has 0 radical (unpaired) electrons. The maximum Gasteiger partial charge on any atom is 0.223 e. The quantitative estimate of drug-likeness (QED) is 0.831. The van der Waals surface area contributed by atoms with Gasteiger partial charge >= 0.3 is 0 Å². The lowest BCUT2D eigenvalue weighted by Crippen LogP contribution is -2.10. The average molecular weight is 220 g/mol. The van der Waals surface area contributed by atoms with Gasteiger partial charge in [-0.05, 0) is 25.2 Å². The number of rotatable bonds is 2. The highest BCUT2D eigenvalue weighted by atomic mass is 15.1. The van der Waals surface area contributed by atoms with Gasteiger partial charge in [-0.25, -0.2) is 4.98 Å². The highest BCUT2D eigenvalue weighted by Gasteiger charge is 2.26. The van der Waals surface area contributed by atoms with Crippen LogP contribution in [-0.4, -0.2) is 15.0 Å². The smallest absolute Gasteiger partial charge is 0.223 e. The summed E-state index contributed by atoms with van der Waals surface area (Å²) in [7, 11) is 0. The molecule has 88 valence electrons. The van der Waals surface area contributed by atoms with Gasteiger partial charge in [-0.3, -0.25) is 0 Å². The summed E-state index contributed by atoms with van der Waals surface area (Å²) in [6.45, 7) is 6.44. The van der Waals surface area contributed by atoms with Gasteiger partial charge in [-0.1, -0.05) is 20.8 Å². The standard InChI is InChI=1S/C12H20N4/c1-7(2)10-14-11(16-12(13)15-10)9-5-4-8(3)6-9/h7-9H,4-6H2,1-3H3,(H2,13,14,15,16). The summed E-state index contributed by atoms with van der Waals surface area (Å²) in [5.74, 6) is 3.67. The molecule has 2 N–H and O–H groups in total. The van der Waals surface area contributed by atoms with Gasteiger partial charge in [0.15, 0.2) is 0 Å². The Bertz CT molecular complexity index is 375. The average Bonchev–Trinajstić information content (AvgIpc) is 2.64. The molecule has 4 heteroatoms. The first-order chi connectivity index (χ1) is 7.56. The molecule has 4 nitrogen and oxygen atoms in total. The molecular weight excluding hydrogens is 200 g/mol. The molecule has 0 aliphatic heterocycles. The van der Waals surface area contributed by atoms with Crippen molar-refractivity contribution < 1.29 is 0 Å². The largest absolute Gasteiger partial charge is 0.368 e. The van der Waals surface area contributed by atoms with Gasteiger partial charge in [0.1, 0.15) is 11.6 Å². The molecule has 1 aromatic heterocycles. The fraction of sp³-hybridized carbons (Fsp3) is 0.750. The van der Waals surface area contributed by atoms with Crippen LogP contribution in [0.5, 0.6) is 0 Å². The molecule has 0 aromatic carbocycles. The third-order valence-electron chi connectivity index (χ3n) is 3.26. The third-order valence-corrected chi connectivity index (χ3v) is 3.26. The maximum atomic E-state index is 5.74. The number of hydrogen-bond acceptors (Lipinski definition) is 4. The molecule has 2 atom stereocenters. The number of nitrogens with two attached hydrogens (primary N) is 1. The van der Waals surface area contributed by atoms with Gasteiger partial charge < -0.3 is 5.73 Å². The van der Waals surface area contributed by atoms with Gasteiger partial charge in [0, 0.05) is 11.8 Å². The van der Waals surface area contributed by atoms with Crippen LogP contribution < -0.4 is 5.73 Å². The van der Waals surface area contributed by atoms with E-state index in [1.165, 1.54) is 19.3 Å². The number of nitrogens with zero attached hydrogens (tertiary/aromatic N) is 3. The van der Waals surface area contributed by atoms with Crippen LogP contribution in [0.15, 0.2) is 0 Å². The molecule has 2 unspecified atom stereocenters. The van der Waals surface area contributed by atoms with Crippen molar-refractivity contribution in [3.8, 4) is 0 Å². The minimum atomic E-state index is 0.308. The predicted molar refractivity (Wildman–Crippen MR) is 64.1 cm³/mol. The van der Waals surface area contributed by atoms with Gasteiger partial charge in [0.25, 0.3) is 0 Å². The summed E-state index contributed by atoms with van der Waals surface area (Å²) in [5, 5.41) is 0. The van der Waals surface area contributed by atoms with Crippen molar-refractivity contribution in [3.05, 3.63) is 11.6 Å². The monoisotopic (exact) mass is 220 g/mol. The van der Waals surface area contributed by atoms with Crippen LogP contribution in [0.4, 0.5) is 5.95 Å². The molecule has 0 saturated heterocycles. The first kappa shape index (κ1) is 11.3. The van der Waals surface area contributed by atoms with Crippen LogP contribution >= 0.6 is 0 Å². The van der Waals surface area contributed by atoms with Gasteiger partial charge in [-0.2, -0.15) is 9.97 Å². The van der Waals surface area contributed by atoms with Crippen LogP contribution in [0.3, 0.4) is 0 Å². The Morgan fingerprint density at radius 3 is 2.50 bits per heavy atom. The Labute approximate surface area is 96.7 Å². The minimum absolute atomic E-state index is 0.308. The lowest BCUT2D eigenvalue weighted by atomic mass is 10.1. The predicted octanol–water partition coefficient (Wildman–Crippen LogP) is 2.48. The van der Waals surface area contributed by atoms with Crippen molar-refractivity contribution in [1.29, 1.82) is 0 Å². The second-order valence-corrected chi connectivity index (χ2v) is 5.18. The highest BCUT2D eigenvalue weighted by molar-refractivity contribution is 5.19. The zero-order valence-corrected chi connectivity index (χ0v) is 10.3. The second-order valence-electron chi connectivity index (χ2n) is 5.18. The lowest BCUT2D eigenvalue weighted by molar-refractivity contribution is 0.579. The summed E-state index contributed by atoms with van der Waals surface area (Å²) in [6, 6.07) is 0. The highest BCUT2D eigenvalue weighted by Crippen LogP contribution is 2.36. The second kappa shape index (κ2) is 4.36. The first-order valence-electron chi connectivity index (χ1n) is 6.07. The fourth-order valence-electron chi connectivity index (χ4n) is 2.31. The van der Waals surface area contributed by atoms with Crippen molar-refractivity contribution in [3.63, 3.8) is 0 Å². The molecule has 1 aliphatic carbocycles. The Morgan fingerprint density at radius 1 is 1.19 bits per heavy atom. The number of nitrogen functional groups attached to an aromatic ring is 1. The van der Waals surface area contributed by atoms with E-state index in [1.807, 2.05) is 0 Å². The lowest BCUT2D eigenvalue weighted by Gasteiger charge is -2.11. The maximum absolute atomic E-state index is 5.74. The number of hydrogen-bond donors (Lipinski definition) is 1. The van der Waals surface area contributed by atoms with Crippen molar-refractivity contribution in [2.45, 2.75) is 51.9 Å². The van der Waals surface area contributed by atoms with E-state index in [4.69, 9.17) is 5.73 Å². The molecular formula is C12H20N4. The summed E-state index contributed by atoms with van der Waals surface area (Å²) in [6.07, 6.45) is 3.64. The van der Waals surface area contributed by atoms with E-state index in [1.54, 1.807) is 0 Å². The molecule has 1 saturated carbocycles.